The van der Waals surface area contributed by atoms with Gasteiger partial charge in [-0.2, -0.15) is 0 Å². The quantitative estimate of drug-likeness (QED) is 0.819. The standard InChI is InChI=1S/C15H24O/c1-11(2)12(3)9-13-7-6-8-14(10-13)15(4,5)16/h6-8,10-12,16H,9H2,1-5H3. The SMILES string of the molecule is CC(C)C(C)Cc1cccc(C(C)(C)O)c1. The highest BCUT2D eigenvalue weighted by molar-refractivity contribution is 5.27. The topological polar surface area (TPSA) is 20.2 Å². The van der Waals surface area contributed by atoms with Crippen molar-refractivity contribution in [3.8, 4) is 0 Å². The zero-order valence-electron chi connectivity index (χ0n) is 11.1. The second-order valence-corrected chi connectivity index (χ2v) is 5.68. The fourth-order valence-corrected chi connectivity index (χ4v) is 1.69. The molecular weight excluding hydrogens is 196 g/mol. The third kappa shape index (κ3) is 3.64. The van der Waals surface area contributed by atoms with Crippen LogP contribution in [0.3, 0.4) is 0 Å². The molecule has 0 fully saturated rings. The van der Waals surface area contributed by atoms with Gasteiger partial charge in [-0.15, -0.1) is 0 Å². The Balaban J connectivity index is 2.83. The minimum atomic E-state index is -0.739. The first-order valence-corrected chi connectivity index (χ1v) is 6.12. The van der Waals surface area contributed by atoms with E-state index in [9.17, 15) is 5.11 Å². The van der Waals surface area contributed by atoms with E-state index in [0.717, 1.165) is 12.0 Å². The highest BCUT2D eigenvalue weighted by atomic mass is 16.3. The first-order valence-electron chi connectivity index (χ1n) is 6.12. The van der Waals surface area contributed by atoms with E-state index >= 15 is 0 Å². The van der Waals surface area contributed by atoms with Gasteiger partial charge in [0.1, 0.15) is 0 Å². The molecule has 0 aliphatic carbocycles. The molecule has 0 bridgehead atoms. The van der Waals surface area contributed by atoms with Gasteiger partial charge in [-0.05, 0) is 43.2 Å². The molecule has 0 aliphatic heterocycles. The number of rotatable bonds is 4. The summed E-state index contributed by atoms with van der Waals surface area (Å²) in [5.74, 6) is 1.38. The second-order valence-electron chi connectivity index (χ2n) is 5.68. The Bertz CT molecular complexity index is 334. The molecule has 0 aromatic heterocycles. The molecule has 0 radical (unpaired) electrons. The molecule has 90 valence electrons. The predicted octanol–water partition coefficient (Wildman–Crippen LogP) is 3.75. The van der Waals surface area contributed by atoms with Crippen molar-refractivity contribution in [3.05, 3.63) is 35.4 Å². The lowest BCUT2D eigenvalue weighted by molar-refractivity contribution is 0.0785. The van der Waals surface area contributed by atoms with Crippen LogP contribution in [-0.4, -0.2) is 5.11 Å². The Labute approximate surface area is 99.5 Å². The van der Waals surface area contributed by atoms with Crippen molar-refractivity contribution in [2.24, 2.45) is 11.8 Å². The molecule has 0 spiro atoms. The summed E-state index contributed by atoms with van der Waals surface area (Å²) >= 11 is 0. The lowest BCUT2D eigenvalue weighted by Gasteiger charge is -2.20. The maximum atomic E-state index is 9.96. The van der Waals surface area contributed by atoms with Gasteiger partial charge < -0.3 is 5.11 Å². The van der Waals surface area contributed by atoms with E-state index < -0.39 is 5.60 Å². The maximum absolute atomic E-state index is 9.96. The summed E-state index contributed by atoms with van der Waals surface area (Å²) in [6, 6.07) is 8.30. The molecule has 0 saturated heterocycles. The molecule has 1 heteroatoms. The van der Waals surface area contributed by atoms with Gasteiger partial charge in [-0.25, -0.2) is 0 Å². The normalized spacial score (nSPS) is 14.2. The predicted molar refractivity (Wildman–Crippen MR) is 69.4 cm³/mol. The van der Waals surface area contributed by atoms with Crippen molar-refractivity contribution in [3.63, 3.8) is 0 Å². The molecular formula is C15H24O. The Morgan fingerprint density at radius 1 is 1.19 bits per heavy atom. The van der Waals surface area contributed by atoms with E-state index in [0.29, 0.717) is 11.8 Å². The van der Waals surface area contributed by atoms with E-state index in [1.54, 1.807) is 0 Å². The van der Waals surface area contributed by atoms with E-state index in [-0.39, 0.29) is 0 Å². The van der Waals surface area contributed by atoms with Crippen molar-refractivity contribution in [2.75, 3.05) is 0 Å². The number of hydrogen-bond donors (Lipinski definition) is 1. The average Bonchev–Trinajstić information content (AvgIpc) is 2.16. The smallest absolute Gasteiger partial charge is 0.0840 e. The van der Waals surface area contributed by atoms with Gasteiger partial charge in [0.25, 0.3) is 0 Å². The molecule has 16 heavy (non-hydrogen) atoms. The van der Waals surface area contributed by atoms with Gasteiger partial charge in [-0.3, -0.25) is 0 Å². The largest absolute Gasteiger partial charge is 0.386 e. The Morgan fingerprint density at radius 2 is 1.81 bits per heavy atom. The molecule has 1 nitrogen and oxygen atoms in total. The zero-order valence-corrected chi connectivity index (χ0v) is 11.1. The van der Waals surface area contributed by atoms with Crippen LogP contribution in [0.15, 0.2) is 24.3 Å². The van der Waals surface area contributed by atoms with Crippen LogP contribution in [0.5, 0.6) is 0 Å². The van der Waals surface area contributed by atoms with Gasteiger partial charge in [0.05, 0.1) is 5.60 Å². The van der Waals surface area contributed by atoms with Gasteiger partial charge >= 0.3 is 0 Å². The summed E-state index contributed by atoms with van der Waals surface area (Å²) in [7, 11) is 0. The third-order valence-corrected chi connectivity index (χ3v) is 3.33. The fraction of sp³-hybridized carbons (Fsp3) is 0.600. The van der Waals surface area contributed by atoms with Crippen LogP contribution in [-0.2, 0) is 12.0 Å². The van der Waals surface area contributed by atoms with Crippen LogP contribution < -0.4 is 0 Å². The van der Waals surface area contributed by atoms with Crippen molar-refractivity contribution in [1.29, 1.82) is 0 Å². The first-order chi connectivity index (χ1) is 7.30. The first kappa shape index (κ1) is 13.2. The van der Waals surface area contributed by atoms with E-state index in [4.69, 9.17) is 0 Å². The molecule has 1 atom stereocenters. The molecule has 1 aromatic rings. The van der Waals surface area contributed by atoms with Crippen LogP contribution in [0.2, 0.25) is 0 Å². The summed E-state index contributed by atoms with van der Waals surface area (Å²) in [5.41, 5.74) is 1.58. The van der Waals surface area contributed by atoms with Crippen molar-refractivity contribution in [1.82, 2.24) is 0 Å². The van der Waals surface area contributed by atoms with Crippen LogP contribution in [0.4, 0.5) is 0 Å². The monoisotopic (exact) mass is 220 g/mol. The van der Waals surface area contributed by atoms with E-state index in [1.165, 1.54) is 5.56 Å². The van der Waals surface area contributed by atoms with Gasteiger partial charge in [-0.1, -0.05) is 45.0 Å². The zero-order chi connectivity index (χ0) is 12.3. The number of hydrogen-bond acceptors (Lipinski definition) is 1. The molecule has 0 amide bonds. The van der Waals surface area contributed by atoms with Crippen LogP contribution in [0.1, 0.15) is 45.7 Å². The molecule has 1 aromatic carbocycles. The number of aliphatic hydroxyl groups is 1. The average molecular weight is 220 g/mol. The van der Waals surface area contributed by atoms with Gasteiger partial charge in [0.15, 0.2) is 0 Å². The third-order valence-electron chi connectivity index (χ3n) is 3.33. The maximum Gasteiger partial charge on any atom is 0.0840 e. The lowest BCUT2D eigenvalue weighted by Crippen LogP contribution is -2.16. The molecule has 0 heterocycles. The van der Waals surface area contributed by atoms with Crippen molar-refractivity contribution in [2.45, 2.75) is 46.6 Å². The fourth-order valence-electron chi connectivity index (χ4n) is 1.69. The Kier molecular flexibility index (Phi) is 4.15. The minimum Gasteiger partial charge on any atom is -0.386 e. The highest BCUT2D eigenvalue weighted by Crippen LogP contribution is 2.23. The summed E-state index contributed by atoms with van der Waals surface area (Å²) < 4.78 is 0. The molecule has 1 N–H and O–H groups in total. The molecule has 1 rings (SSSR count). The van der Waals surface area contributed by atoms with Crippen molar-refractivity contribution < 1.29 is 5.11 Å². The number of benzene rings is 1. The minimum absolute atomic E-state index is 0.678. The summed E-state index contributed by atoms with van der Waals surface area (Å²) in [6.45, 7) is 10.5. The van der Waals surface area contributed by atoms with E-state index in [2.05, 4.69) is 32.9 Å². The van der Waals surface area contributed by atoms with Gasteiger partial charge in [0.2, 0.25) is 0 Å². The Hall–Kier alpha value is -0.820. The van der Waals surface area contributed by atoms with Crippen molar-refractivity contribution >= 4 is 0 Å². The van der Waals surface area contributed by atoms with Crippen LogP contribution >= 0.6 is 0 Å². The van der Waals surface area contributed by atoms with Crippen LogP contribution in [0.25, 0.3) is 0 Å². The molecule has 0 aliphatic rings. The highest BCUT2D eigenvalue weighted by Gasteiger charge is 2.16. The summed E-state index contributed by atoms with van der Waals surface area (Å²) in [5, 5.41) is 9.96. The van der Waals surface area contributed by atoms with E-state index in [1.807, 2.05) is 26.0 Å². The molecule has 1 unspecified atom stereocenters. The van der Waals surface area contributed by atoms with Gasteiger partial charge in [0, 0.05) is 0 Å². The molecule has 0 saturated carbocycles. The van der Waals surface area contributed by atoms with Crippen LogP contribution in [0, 0.1) is 11.8 Å². The lowest BCUT2D eigenvalue weighted by atomic mass is 9.89. The summed E-state index contributed by atoms with van der Waals surface area (Å²) in [6.07, 6.45) is 1.08. The Morgan fingerprint density at radius 3 is 2.31 bits per heavy atom. The summed E-state index contributed by atoms with van der Waals surface area (Å²) in [4.78, 5) is 0. The second kappa shape index (κ2) is 5.01.